The van der Waals surface area contributed by atoms with Crippen LogP contribution in [0.25, 0.3) is 21.8 Å². The number of methoxy groups -OCH3 is 2. The number of hydrogen-bond acceptors (Lipinski definition) is 20. The van der Waals surface area contributed by atoms with Gasteiger partial charge in [-0.05, 0) is 124 Å². The zero-order valence-corrected chi connectivity index (χ0v) is 73.2. The first-order valence-electron chi connectivity index (χ1n) is 40.2. The molecule has 10 N–H and O–H groups in total. The van der Waals surface area contributed by atoms with Crippen molar-refractivity contribution in [1.29, 1.82) is 0 Å². The number of carboxylic acid groups (broad SMARTS) is 2. The number of halogens is 3. The standard InChI is InChI=1S/C31H37N3O5S.C25H37N3O5S.C20H29N3O3S.C10H9NO3.C2HF3O2.2CH4/c1-20(2)14-23(15-27(35)26-16-24-25(33-26)10-7-11-29(24)39-3)28(36)18-34(17-22-12-13-32-30(22)37)31(38)40-19-21-8-5-4-6-9-21;1-17(2)13-20(27-23(31)33-25(3,4)5)21(29)15-28(14-19-11-12-26-22(19)30)24(32)34-16-18-9-7-6-8-10-18;1-14(2)10-17(21)18(24)12-23(11-16-8-9-22-19(16)25)20(26)27-13-15-6-4-3-5-7-15;1-14-9-4-2-3-7-6(9)5-8(11-7)10(12)13;3-2(4,5)1(6)7;;/h4-11,16,20,22-23,33H,12-15,17-19H2,1-3H3,(H,32,37);6-10,17,19-20H,11-16H2,1-5H3,(H,26,30)(H,27,31);3-7,14,16-17H,8-13,21H2,1-2H3,(H,22,25);2-5,11H,1H3,(H,12,13);(H,6,7);2*1H4/t22-,23+;19-,20-;16-,17-;;;;/m000..../s1. The van der Waals surface area contributed by atoms with Gasteiger partial charge in [0.05, 0.1) is 63.3 Å². The number of Topliss-reactive ketones (excluding diaryl/α,β-unsaturated/α-hetero) is 4. The lowest BCUT2D eigenvalue weighted by atomic mass is 9.88. The summed E-state index contributed by atoms with van der Waals surface area (Å²) in [5, 5.41) is 29.5. The third kappa shape index (κ3) is 36.2. The Labute approximate surface area is 736 Å². The fourth-order valence-electron chi connectivity index (χ4n) is 13.2. The Kier molecular flexibility index (Phi) is 44.4. The van der Waals surface area contributed by atoms with Crippen LogP contribution in [0, 0.1) is 41.4 Å². The molecule has 3 fully saturated rings. The second-order valence-corrected chi connectivity index (χ2v) is 34.7. The van der Waals surface area contributed by atoms with E-state index < -0.39 is 41.8 Å². The lowest BCUT2D eigenvalue weighted by molar-refractivity contribution is -0.406. The van der Waals surface area contributed by atoms with E-state index in [1.807, 2.05) is 163 Å². The molecule has 0 unspecified atom stereocenters. The van der Waals surface area contributed by atoms with Crippen molar-refractivity contribution >= 4 is 132 Å². The van der Waals surface area contributed by atoms with Gasteiger partial charge >= 0.3 is 18.2 Å². The van der Waals surface area contributed by atoms with Crippen LogP contribution in [0.1, 0.15) is 160 Å². The van der Waals surface area contributed by atoms with Gasteiger partial charge in [0.25, 0.3) is 15.7 Å². The Hall–Kier alpha value is -10.7. The molecule has 678 valence electrons. The summed E-state index contributed by atoms with van der Waals surface area (Å²) in [6, 6.07) is 42.2. The Morgan fingerprint density at radius 2 is 0.879 bits per heavy atom. The van der Waals surface area contributed by atoms with Crippen LogP contribution in [0.2, 0.25) is 0 Å². The van der Waals surface area contributed by atoms with E-state index >= 15 is 0 Å². The monoisotopic (exact) mass is 1780 g/mol. The van der Waals surface area contributed by atoms with E-state index in [1.165, 1.54) is 26.5 Å². The lowest BCUT2D eigenvalue weighted by Crippen LogP contribution is -2.66. The first-order valence-corrected chi connectivity index (χ1v) is 43.1. The molecule has 10 rings (SSSR count). The number of nitrogens with zero attached hydrogens (tertiary/aromatic N) is 3. The molecule has 28 nitrogen and oxygen atoms in total. The topological polar surface area (TPSA) is 410 Å². The molecule has 5 heterocycles. The number of ketones is 4. The molecular weight excluding hydrogens is 1660 g/mol. The maximum Gasteiger partial charge on any atom is 0.430 e. The largest absolute Gasteiger partial charge is 0.542 e. The van der Waals surface area contributed by atoms with Gasteiger partial charge in [0.1, 0.15) is 34.8 Å². The van der Waals surface area contributed by atoms with E-state index in [2.05, 4.69) is 37.0 Å². The number of carboxylic acids is 2. The molecule has 3 saturated heterocycles. The molecule has 0 aliphatic carbocycles. The number of thioether (sulfide) groups is 3. The number of alkyl carbamates (subject to hydrolysis) is 1. The number of amides is 7. The Bertz CT molecular complexity index is 4660. The Balaban J connectivity index is 0.000000350. The number of aromatic nitrogens is 2. The van der Waals surface area contributed by atoms with Crippen molar-refractivity contribution in [1.82, 2.24) is 45.9 Å². The van der Waals surface area contributed by atoms with E-state index in [9.17, 15) is 70.7 Å². The summed E-state index contributed by atoms with van der Waals surface area (Å²) in [6.45, 7) is 19.4. The fraction of sp³-hybridized carbons (Fsp3) is 0.478. The number of hydrogen-bond donors (Lipinski definition) is 8. The summed E-state index contributed by atoms with van der Waals surface area (Å²) in [5.74, 6) is -2.86. The van der Waals surface area contributed by atoms with Crippen molar-refractivity contribution in [3.63, 3.8) is 0 Å². The predicted molar refractivity (Wildman–Crippen MR) is 474 cm³/mol. The highest BCUT2D eigenvalue weighted by molar-refractivity contribution is 8.13. The number of aliphatic carboxylic acids is 1. The summed E-state index contributed by atoms with van der Waals surface area (Å²) < 4.78 is 47.4. The van der Waals surface area contributed by atoms with Gasteiger partial charge in [-0.1, -0.05) is 195 Å². The van der Waals surface area contributed by atoms with Gasteiger partial charge in [-0.3, -0.25) is 47.9 Å². The highest BCUT2D eigenvalue weighted by Gasteiger charge is 2.37. The van der Waals surface area contributed by atoms with Gasteiger partial charge in [0, 0.05) is 97.1 Å². The second-order valence-electron chi connectivity index (χ2n) is 31.9. The van der Waals surface area contributed by atoms with Gasteiger partial charge < -0.3 is 80.9 Å². The van der Waals surface area contributed by atoms with Gasteiger partial charge in [0.15, 0.2) is 17.3 Å². The van der Waals surface area contributed by atoms with Gasteiger partial charge in [-0.2, -0.15) is 13.2 Å². The zero-order chi connectivity index (χ0) is 90.0. The van der Waals surface area contributed by atoms with Gasteiger partial charge in [-0.25, -0.2) is 9.59 Å². The number of fused-ring (bicyclic) bond motifs is 2. The van der Waals surface area contributed by atoms with E-state index in [1.54, 1.807) is 53.2 Å². The average molecular weight is 1780 g/mol. The van der Waals surface area contributed by atoms with Crippen molar-refractivity contribution in [2.24, 2.45) is 41.4 Å². The van der Waals surface area contributed by atoms with Crippen molar-refractivity contribution in [3.05, 3.63) is 168 Å². The summed E-state index contributed by atoms with van der Waals surface area (Å²) in [6.07, 6.45) is -2.25. The maximum absolute atomic E-state index is 13.7. The molecule has 0 spiro atoms. The number of nitrogens with one attached hydrogen (secondary N) is 6. The average Bonchev–Trinajstić information content (AvgIpc) is 1.66. The quantitative estimate of drug-likeness (QED) is 0.0174. The molecular formula is C90H121F3N10O18S3. The Morgan fingerprint density at radius 1 is 0.524 bits per heavy atom. The minimum atomic E-state index is -5.19. The van der Waals surface area contributed by atoms with Crippen LogP contribution < -0.4 is 41.6 Å². The minimum Gasteiger partial charge on any atom is -0.542 e. The number of aromatic carboxylic acids is 1. The molecule has 124 heavy (non-hydrogen) atoms. The molecule has 0 saturated carbocycles. The highest BCUT2D eigenvalue weighted by Crippen LogP contribution is 2.31. The van der Waals surface area contributed by atoms with Crippen molar-refractivity contribution in [2.75, 3.05) is 73.1 Å². The summed E-state index contributed by atoms with van der Waals surface area (Å²) in [5.41, 5.74) is 8.47. The normalized spacial score (nSPS) is 15.3. The number of ether oxygens (including phenoxy) is 3. The molecule has 7 amide bonds. The van der Waals surface area contributed by atoms with Crippen LogP contribution in [-0.4, -0.2) is 201 Å². The second kappa shape index (κ2) is 52.2. The number of rotatable bonds is 34. The third-order valence-electron chi connectivity index (χ3n) is 19.3. The smallest absolute Gasteiger partial charge is 0.430 e. The van der Waals surface area contributed by atoms with Crippen molar-refractivity contribution in [3.8, 4) is 11.5 Å². The number of alkyl halides is 3. The van der Waals surface area contributed by atoms with E-state index in [-0.39, 0.29) is 158 Å². The van der Waals surface area contributed by atoms with Crippen LogP contribution in [0.5, 0.6) is 11.5 Å². The Morgan fingerprint density at radius 3 is 1.21 bits per heavy atom. The number of benzene rings is 5. The molecule has 7 aromatic rings. The molecule has 34 heteroatoms. The predicted octanol–water partition coefficient (Wildman–Crippen LogP) is 13.6. The lowest BCUT2D eigenvalue weighted by Gasteiger charge is -2.28. The van der Waals surface area contributed by atoms with Crippen LogP contribution >= 0.6 is 35.3 Å². The first-order chi connectivity index (χ1) is 57.7. The molecule has 2 aromatic heterocycles. The van der Waals surface area contributed by atoms with E-state index in [4.69, 9.17) is 29.2 Å². The number of carbonyl (C=O) groups is 13. The molecule has 6 atom stereocenters. The summed E-state index contributed by atoms with van der Waals surface area (Å²) >= 11 is 3.40. The fourth-order valence-corrected chi connectivity index (χ4v) is 15.6. The minimum absolute atomic E-state index is 0. The van der Waals surface area contributed by atoms with Crippen LogP contribution in [0.15, 0.2) is 140 Å². The third-order valence-corrected chi connectivity index (χ3v) is 22.3. The molecule has 3 aliphatic heterocycles. The summed E-state index contributed by atoms with van der Waals surface area (Å²) in [4.78, 5) is 171. The SMILES string of the molecule is C.C.CC(C)C[C@H](NC(=O)OC(C)(C)C)C(=O)CN(C[C@@H]1CCNC1=O)C(=O)SCc1ccccc1.CC(C)C[C@H]([NH3+])C(=O)CN(C[C@@H]1CCNC1=O)C(=O)SCc1ccccc1.COc1cccc2[nH]c(C(=O)C[C@@H](CC(C)C)C(=O)CN(C[C@@H]3CCNC3=O)C(=O)SCc3ccccc3)cc12.COc1cccc2[nH]c(C(=O)O)cc12.O=C([O-])C(F)(F)F. The van der Waals surface area contributed by atoms with Crippen molar-refractivity contribution < 1.29 is 106 Å². The highest BCUT2D eigenvalue weighted by atomic mass is 32.2. The first kappa shape index (κ1) is 106. The van der Waals surface area contributed by atoms with Crippen LogP contribution in [0.4, 0.5) is 32.3 Å². The molecule has 0 radical (unpaired) electrons. The number of aromatic amines is 2. The maximum atomic E-state index is 13.7. The van der Waals surface area contributed by atoms with Gasteiger partial charge in [-0.15, -0.1) is 0 Å². The molecule has 0 bridgehead atoms. The molecule has 5 aromatic carbocycles. The van der Waals surface area contributed by atoms with E-state index in [0.717, 1.165) is 62.0 Å². The zero-order valence-electron chi connectivity index (χ0n) is 70.7. The number of H-pyrrole nitrogens is 2. The van der Waals surface area contributed by atoms with Crippen LogP contribution in [0.3, 0.4) is 0 Å². The number of carbonyl (C=O) groups excluding carboxylic acids is 12. The van der Waals surface area contributed by atoms with Crippen molar-refractivity contribution in [2.45, 2.75) is 163 Å². The van der Waals surface area contributed by atoms with E-state index in [0.29, 0.717) is 98.5 Å². The van der Waals surface area contributed by atoms with Crippen LogP contribution in [-0.2, 0) is 55.6 Å². The summed E-state index contributed by atoms with van der Waals surface area (Å²) in [7, 11) is 3.14. The number of quaternary nitrogens is 1. The van der Waals surface area contributed by atoms with Gasteiger partial charge in [0.2, 0.25) is 23.5 Å². The molecule has 3 aliphatic rings.